The van der Waals surface area contributed by atoms with Crippen molar-refractivity contribution < 1.29 is 0 Å². The van der Waals surface area contributed by atoms with E-state index in [0.717, 1.165) is 0 Å². The van der Waals surface area contributed by atoms with Gasteiger partial charge < -0.3 is 10.2 Å². The van der Waals surface area contributed by atoms with Gasteiger partial charge in [-0.15, -0.1) is 0 Å². The number of para-hydroxylation sites is 3. The van der Waals surface area contributed by atoms with Gasteiger partial charge in [-0.2, -0.15) is 0 Å². The van der Waals surface area contributed by atoms with E-state index in [0.29, 0.717) is 12.1 Å². The van der Waals surface area contributed by atoms with Crippen LogP contribution in [0.1, 0.15) is 23.2 Å². The van der Waals surface area contributed by atoms with Crippen molar-refractivity contribution in [2.45, 2.75) is 12.1 Å². The standard InChI is InChI=1S/C20H16N2/c1-2-8-14(9-3-1)22-18-13-7-5-11-16(18)19-20(22)15-10-4-6-12-17(15)21-19/h1-13,19-21H. The number of nitrogens with zero attached hydrogens (tertiary/aromatic N) is 1. The second-order valence-electron chi connectivity index (χ2n) is 5.92. The molecule has 3 aromatic carbocycles. The molecule has 0 saturated heterocycles. The molecule has 0 saturated carbocycles. The van der Waals surface area contributed by atoms with E-state index in [4.69, 9.17) is 0 Å². The van der Waals surface area contributed by atoms with Crippen molar-refractivity contribution in [1.82, 2.24) is 0 Å². The lowest BCUT2D eigenvalue weighted by Gasteiger charge is -2.27. The molecule has 5 rings (SSSR count). The molecule has 2 unspecified atom stereocenters. The molecule has 0 spiro atoms. The van der Waals surface area contributed by atoms with Gasteiger partial charge in [0.2, 0.25) is 0 Å². The maximum atomic E-state index is 3.71. The normalized spacial score (nSPS) is 21.0. The zero-order valence-corrected chi connectivity index (χ0v) is 12.1. The number of hydrogen-bond donors (Lipinski definition) is 1. The van der Waals surface area contributed by atoms with Crippen LogP contribution in [0.5, 0.6) is 0 Å². The van der Waals surface area contributed by atoms with E-state index in [-0.39, 0.29) is 0 Å². The van der Waals surface area contributed by atoms with Crippen molar-refractivity contribution in [1.29, 1.82) is 0 Å². The average molecular weight is 284 g/mol. The molecular formula is C20H16N2. The van der Waals surface area contributed by atoms with E-state index in [9.17, 15) is 0 Å². The minimum Gasteiger partial charge on any atom is -0.375 e. The van der Waals surface area contributed by atoms with Crippen LogP contribution < -0.4 is 10.2 Å². The van der Waals surface area contributed by atoms with Gasteiger partial charge in [0.25, 0.3) is 0 Å². The van der Waals surface area contributed by atoms with Gasteiger partial charge in [-0.05, 0) is 24.3 Å². The smallest absolute Gasteiger partial charge is 0.0855 e. The molecule has 2 nitrogen and oxygen atoms in total. The van der Waals surface area contributed by atoms with Gasteiger partial charge in [0.05, 0.1) is 12.1 Å². The van der Waals surface area contributed by atoms with Gasteiger partial charge in [0, 0.05) is 28.2 Å². The quantitative estimate of drug-likeness (QED) is 0.673. The summed E-state index contributed by atoms with van der Waals surface area (Å²) in [6.07, 6.45) is 0. The van der Waals surface area contributed by atoms with Crippen molar-refractivity contribution in [3.63, 3.8) is 0 Å². The first kappa shape index (κ1) is 11.9. The van der Waals surface area contributed by atoms with Crippen molar-refractivity contribution in [2.24, 2.45) is 0 Å². The first-order chi connectivity index (χ1) is 10.9. The fourth-order valence-corrected chi connectivity index (χ4v) is 3.86. The molecule has 0 aromatic heterocycles. The molecule has 0 fully saturated rings. The van der Waals surface area contributed by atoms with Crippen molar-refractivity contribution >= 4 is 17.1 Å². The fourth-order valence-electron chi connectivity index (χ4n) is 3.86. The van der Waals surface area contributed by atoms with E-state index in [1.54, 1.807) is 0 Å². The van der Waals surface area contributed by atoms with Gasteiger partial charge >= 0.3 is 0 Å². The van der Waals surface area contributed by atoms with E-state index in [1.807, 2.05) is 0 Å². The summed E-state index contributed by atoms with van der Waals surface area (Å²) in [6.45, 7) is 0. The molecule has 2 heterocycles. The predicted molar refractivity (Wildman–Crippen MR) is 90.6 cm³/mol. The van der Waals surface area contributed by atoms with Crippen LogP contribution in [0.3, 0.4) is 0 Å². The Hall–Kier alpha value is -2.74. The third kappa shape index (κ3) is 1.49. The Bertz CT molecular complexity index is 841. The van der Waals surface area contributed by atoms with Crippen LogP contribution >= 0.6 is 0 Å². The number of fused-ring (bicyclic) bond motifs is 5. The Morgan fingerprint density at radius 3 is 2.23 bits per heavy atom. The second kappa shape index (κ2) is 4.38. The first-order valence-corrected chi connectivity index (χ1v) is 7.72. The maximum absolute atomic E-state index is 3.71. The molecule has 2 atom stereocenters. The second-order valence-corrected chi connectivity index (χ2v) is 5.92. The van der Waals surface area contributed by atoms with Crippen LogP contribution in [0.4, 0.5) is 17.1 Å². The van der Waals surface area contributed by atoms with E-state index in [2.05, 4.69) is 89.1 Å². The van der Waals surface area contributed by atoms with Gasteiger partial charge in [-0.1, -0.05) is 54.6 Å². The highest BCUT2D eigenvalue weighted by Crippen LogP contribution is 2.57. The third-order valence-corrected chi connectivity index (χ3v) is 4.75. The van der Waals surface area contributed by atoms with Crippen LogP contribution in [-0.4, -0.2) is 0 Å². The maximum Gasteiger partial charge on any atom is 0.0855 e. The SMILES string of the molecule is c1ccc(N2c3ccccc3C3Nc4ccccc4C32)cc1. The Kier molecular flexibility index (Phi) is 2.36. The Labute approximate surface area is 130 Å². The zero-order valence-electron chi connectivity index (χ0n) is 12.1. The molecule has 0 radical (unpaired) electrons. The van der Waals surface area contributed by atoms with Crippen molar-refractivity contribution in [2.75, 3.05) is 10.2 Å². The van der Waals surface area contributed by atoms with Crippen molar-refractivity contribution in [3.8, 4) is 0 Å². The molecule has 0 aliphatic carbocycles. The molecule has 3 aromatic rings. The number of anilines is 3. The summed E-state index contributed by atoms with van der Waals surface area (Å²) in [5.74, 6) is 0. The van der Waals surface area contributed by atoms with E-state index in [1.165, 1.54) is 28.2 Å². The lowest BCUT2D eigenvalue weighted by atomic mass is 10.0. The number of benzene rings is 3. The van der Waals surface area contributed by atoms with Crippen LogP contribution in [-0.2, 0) is 0 Å². The molecule has 1 N–H and O–H groups in total. The highest BCUT2D eigenvalue weighted by Gasteiger charge is 2.44. The lowest BCUT2D eigenvalue weighted by molar-refractivity contribution is 0.677. The molecule has 2 aliphatic heterocycles. The van der Waals surface area contributed by atoms with Gasteiger partial charge in [-0.25, -0.2) is 0 Å². The summed E-state index contributed by atoms with van der Waals surface area (Å²) in [5, 5.41) is 3.71. The molecule has 22 heavy (non-hydrogen) atoms. The monoisotopic (exact) mass is 284 g/mol. The molecule has 0 amide bonds. The Morgan fingerprint density at radius 1 is 0.682 bits per heavy atom. The Balaban J connectivity index is 1.75. The largest absolute Gasteiger partial charge is 0.375 e. The summed E-state index contributed by atoms with van der Waals surface area (Å²) in [4.78, 5) is 2.47. The average Bonchev–Trinajstić information content (AvgIpc) is 3.10. The summed E-state index contributed by atoms with van der Waals surface area (Å²) >= 11 is 0. The molecule has 0 bridgehead atoms. The van der Waals surface area contributed by atoms with E-state index < -0.39 is 0 Å². The summed E-state index contributed by atoms with van der Waals surface area (Å²) in [7, 11) is 0. The number of nitrogens with one attached hydrogen (secondary N) is 1. The number of hydrogen-bond acceptors (Lipinski definition) is 2. The third-order valence-electron chi connectivity index (χ3n) is 4.75. The van der Waals surface area contributed by atoms with Crippen molar-refractivity contribution in [3.05, 3.63) is 90.0 Å². The highest BCUT2D eigenvalue weighted by molar-refractivity contribution is 5.79. The molecular weight excluding hydrogens is 268 g/mol. The first-order valence-electron chi connectivity index (χ1n) is 7.72. The van der Waals surface area contributed by atoms with Gasteiger partial charge in [-0.3, -0.25) is 0 Å². The topological polar surface area (TPSA) is 15.3 Å². The number of rotatable bonds is 1. The van der Waals surface area contributed by atoms with Crippen LogP contribution in [0, 0.1) is 0 Å². The minimum absolute atomic E-state index is 0.328. The molecule has 2 heteroatoms. The lowest BCUT2D eigenvalue weighted by Crippen LogP contribution is -2.20. The zero-order chi connectivity index (χ0) is 14.5. The van der Waals surface area contributed by atoms with Crippen LogP contribution in [0.2, 0.25) is 0 Å². The Morgan fingerprint density at radius 2 is 1.36 bits per heavy atom. The summed E-state index contributed by atoms with van der Waals surface area (Å²) in [5.41, 5.74) is 6.58. The van der Waals surface area contributed by atoms with E-state index >= 15 is 0 Å². The summed E-state index contributed by atoms with van der Waals surface area (Å²) < 4.78 is 0. The highest BCUT2D eigenvalue weighted by atomic mass is 15.3. The predicted octanol–water partition coefficient (Wildman–Crippen LogP) is 5.05. The van der Waals surface area contributed by atoms with Crippen LogP contribution in [0.25, 0.3) is 0 Å². The van der Waals surface area contributed by atoms with Gasteiger partial charge in [0.15, 0.2) is 0 Å². The molecule has 106 valence electrons. The molecule has 2 aliphatic rings. The summed E-state index contributed by atoms with van der Waals surface area (Å²) in [6, 6.07) is 28.7. The fraction of sp³-hybridized carbons (Fsp3) is 0.100. The minimum atomic E-state index is 0.328. The van der Waals surface area contributed by atoms with Crippen LogP contribution in [0.15, 0.2) is 78.9 Å². The van der Waals surface area contributed by atoms with Gasteiger partial charge in [0.1, 0.15) is 0 Å².